The van der Waals surface area contributed by atoms with E-state index in [1.54, 1.807) is 0 Å². The fraction of sp³-hybridized carbons (Fsp3) is 0.625. The van der Waals surface area contributed by atoms with Crippen LogP contribution in [0.25, 0.3) is 5.69 Å². The van der Waals surface area contributed by atoms with Gasteiger partial charge in [0.15, 0.2) is 0 Å². The minimum absolute atomic E-state index is 0.281. The predicted molar refractivity (Wildman–Crippen MR) is 122 cm³/mol. The summed E-state index contributed by atoms with van der Waals surface area (Å²) in [4.78, 5) is 24.5. The van der Waals surface area contributed by atoms with Crippen molar-refractivity contribution in [3.63, 3.8) is 0 Å². The van der Waals surface area contributed by atoms with Gasteiger partial charge in [-0.05, 0) is 58.0 Å². The summed E-state index contributed by atoms with van der Waals surface area (Å²) in [5, 5.41) is 4.79. The van der Waals surface area contributed by atoms with E-state index in [2.05, 4.69) is 46.8 Å². The number of piperidine rings is 1. The van der Waals surface area contributed by atoms with Crippen LogP contribution < -0.4 is 0 Å². The molecule has 2 aromatic heterocycles. The number of aryl methyl sites for hydroxylation is 1. The largest absolute Gasteiger partial charge is 0.338 e. The highest BCUT2D eigenvalue weighted by Gasteiger charge is 2.29. The zero-order valence-electron chi connectivity index (χ0n) is 19.4. The number of hydrogen-bond donors (Lipinski definition) is 0. The van der Waals surface area contributed by atoms with E-state index < -0.39 is 0 Å². The molecule has 4 rings (SSSR count). The molecular weight excluding hydrogens is 388 g/mol. The predicted octanol–water partition coefficient (Wildman–Crippen LogP) is 2.51. The first-order chi connectivity index (χ1) is 14.9. The lowest BCUT2D eigenvalue weighted by molar-refractivity contribution is -0.136. The zero-order valence-corrected chi connectivity index (χ0v) is 19.4. The van der Waals surface area contributed by atoms with Crippen LogP contribution in [0, 0.1) is 12.8 Å². The van der Waals surface area contributed by atoms with Gasteiger partial charge in [0, 0.05) is 55.7 Å². The van der Waals surface area contributed by atoms with Gasteiger partial charge >= 0.3 is 0 Å². The molecule has 2 aliphatic rings. The maximum Gasteiger partial charge on any atom is 0.237 e. The van der Waals surface area contributed by atoms with Crippen LogP contribution in [0.1, 0.15) is 43.6 Å². The molecule has 2 aromatic rings. The van der Waals surface area contributed by atoms with Gasteiger partial charge in [-0.15, -0.1) is 0 Å². The average molecular weight is 425 g/mol. The van der Waals surface area contributed by atoms with E-state index in [4.69, 9.17) is 5.10 Å². The second-order valence-corrected chi connectivity index (χ2v) is 9.64. The summed E-state index contributed by atoms with van der Waals surface area (Å²) < 4.78 is 1.95. The van der Waals surface area contributed by atoms with Gasteiger partial charge in [-0.25, -0.2) is 4.68 Å². The Balaban J connectivity index is 1.42. The number of hydrogen-bond acceptors (Lipinski definition) is 5. The Morgan fingerprint density at radius 1 is 1.26 bits per heavy atom. The first-order valence-electron chi connectivity index (χ1n) is 11.6. The lowest BCUT2D eigenvalue weighted by Gasteiger charge is -2.39. The third-order valence-corrected chi connectivity index (χ3v) is 6.45. The van der Waals surface area contributed by atoms with Crippen LogP contribution in [-0.2, 0) is 17.8 Å². The maximum absolute atomic E-state index is 13.3. The van der Waals surface area contributed by atoms with Crippen LogP contribution in [0.3, 0.4) is 0 Å². The minimum Gasteiger partial charge on any atom is -0.338 e. The Bertz CT molecular complexity index is 899. The van der Waals surface area contributed by atoms with Crippen molar-refractivity contribution in [2.75, 3.05) is 39.8 Å². The van der Waals surface area contributed by atoms with Gasteiger partial charge in [0.25, 0.3) is 0 Å². The summed E-state index contributed by atoms with van der Waals surface area (Å²) in [6.45, 7) is 11.6. The number of likely N-dealkylation sites (tertiary alicyclic amines) is 1. The molecule has 2 aliphatic heterocycles. The summed E-state index contributed by atoms with van der Waals surface area (Å²) in [5.41, 5.74) is 4.39. The summed E-state index contributed by atoms with van der Waals surface area (Å²) in [5.74, 6) is 0.766. The second kappa shape index (κ2) is 9.49. The van der Waals surface area contributed by atoms with Gasteiger partial charge in [0.05, 0.1) is 17.9 Å². The molecule has 0 N–H and O–H groups in total. The van der Waals surface area contributed by atoms with Crippen LogP contribution in [-0.4, -0.2) is 81.2 Å². The lowest BCUT2D eigenvalue weighted by Crippen LogP contribution is -2.51. The molecule has 0 radical (unpaired) electrons. The number of amides is 1. The summed E-state index contributed by atoms with van der Waals surface area (Å²) in [6.07, 6.45) is 6.98. The Kier molecular flexibility index (Phi) is 6.72. The van der Waals surface area contributed by atoms with Crippen LogP contribution in [0.5, 0.6) is 0 Å². The van der Waals surface area contributed by atoms with Crippen molar-refractivity contribution < 1.29 is 4.79 Å². The minimum atomic E-state index is 0.281. The van der Waals surface area contributed by atoms with E-state index in [1.807, 2.05) is 29.9 Å². The molecule has 0 aliphatic carbocycles. The molecule has 0 spiro atoms. The Morgan fingerprint density at radius 3 is 2.74 bits per heavy atom. The topological polar surface area (TPSA) is 57.5 Å². The number of carbonyl (C=O) groups is 1. The van der Waals surface area contributed by atoms with Crippen molar-refractivity contribution in [2.45, 2.75) is 52.6 Å². The van der Waals surface area contributed by atoms with Gasteiger partial charge in [-0.3, -0.25) is 14.7 Å². The van der Waals surface area contributed by atoms with Crippen LogP contribution in [0.15, 0.2) is 24.5 Å². The van der Waals surface area contributed by atoms with Crippen molar-refractivity contribution in [3.05, 3.63) is 41.5 Å². The fourth-order valence-corrected chi connectivity index (χ4v) is 4.75. The van der Waals surface area contributed by atoms with Crippen molar-refractivity contribution in [3.8, 4) is 5.69 Å². The molecule has 0 aromatic carbocycles. The number of carbonyl (C=O) groups excluding carboxylic acids is 1. The van der Waals surface area contributed by atoms with E-state index in [1.165, 1.54) is 5.56 Å². The van der Waals surface area contributed by atoms with E-state index >= 15 is 0 Å². The lowest BCUT2D eigenvalue weighted by atomic mass is 10.0. The van der Waals surface area contributed by atoms with E-state index in [9.17, 15) is 4.79 Å². The molecule has 168 valence electrons. The van der Waals surface area contributed by atoms with Crippen molar-refractivity contribution in [1.82, 2.24) is 29.5 Å². The molecule has 4 heterocycles. The molecule has 7 nitrogen and oxygen atoms in total. The highest BCUT2D eigenvalue weighted by molar-refractivity contribution is 5.78. The number of aromatic nitrogens is 3. The summed E-state index contributed by atoms with van der Waals surface area (Å²) in [7, 11) is 2.17. The fourth-order valence-electron chi connectivity index (χ4n) is 4.75. The zero-order chi connectivity index (χ0) is 22.0. The molecule has 0 saturated carbocycles. The van der Waals surface area contributed by atoms with Crippen LogP contribution in [0.2, 0.25) is 0 Å². The molecule has 0 bridgehead atoms. The van der Waals surface area contributed by atoms with Crippen molar-refractivity contribution in [2.24, 2.45) is 5.92 Å². The number of rotatable bonds is 6. The number of fused-ring (bicyclic) bond motifs is 1. The van der Waals surface area contributed by atoms with Crippen molar-refractivity contribution in [1.29, 1.82) is 0 Å². The average Bonchev–Trinajstić information content (AvgIpc) is 3.16. The Labute approximate surface area is 186 Å². The quantitative estimate of drug-likeness (QED) is 0.713. The molecular formula is C24H36N6O. The first-order valence-corrected chi connectivity index (χ1v) is 11.6. The Morgan fingerprint density at radius 2 is 2.03 bits per heavy atom. The third-order valence-electron chi connectivity index (χ3n) is 6.45. The number of nitrogens with zero attached hydrogens (tertiary/aromatic N) is 6. The molecule has 0 unspecified atom stereocenters. The van der Waals surface area contributed by atoms with Crippen LogP contribution >= 0.6 is 0 Å². The highest BCUT2D eigenvalue weighted by Crippen LogP contribution is 2.22. The van der Waals surface area contributed by atoms with Gasteiger partial charge in [-0.2, -0.15) is 5.10 Å². The van der Waals surface area contributed by atoms with Crippen LogP contribution in [0.4, 0.5) is 0 Å². The maximum atomic E-state index is 13.3. The summed E-state index contributed by atoms with van der Waals surface area (Å²) in [6, 6.07) is 4.41. The van der Waals surface area contributed by atoms with Gasteiger partial charge in [-0.1, -0.05) is 13.8 Å². The standard InChI is InChI=1S/C24H36N6O/c1-18(2)14-29(21-6-10-27(4)11-7-21)24(31)17-28-12-8-23-20(15-28)16-30(26-23)22-5-9-25-19(3)13-22/h5,9,13,16,18,21H,6-8,10-12,14-15,17H2,1-4H3. The molecule has 0 atom stereocenters. The monoisotopic (exact) mass is 424 g/mol. The van der Waals surface area contributed by atoms with Gasteiger partial charge < -0.3 is 9.80 Å². The van der Waals surface area contributed by atoms with Gasteiger partial charge in [0.1, 0.15) is 0 Å². The van der Waals surface area contributed by atoms with E-state index in [0.717, 1.165) is 69.1 Å². The summed E-state index contributed by atoms with van der Waals surface area (Å²) >= 11 is 0. The van der Waals surface area contributed by atoms with E-state index in [-0.39, 0.29) is 5.91 Å². The third kappa shape index (κ3) is 5.33. The van der Waals surface area contributed by atoms with E-state index in [0.29, 0.717) is 18.5 Å². The van der Waals surface area contributed by atoms with Crippen molar-refractivity contribution >= 4 is 5.91 Å². The molecule has 1 fully saturated rings. The number of pyridine rings is 1. The molecule has 31 heavy (non-hydrogen) atoms. The Hall–Kier alpha value is -2.25. The molecule has 1 amide bonds. The SMILES string of the molecule is Cc1cc(-n2cc3c(n2)CCN(CC(=O)N(CC(C)C)C2CCN(C)CC2)C3)ccn1. The van der Waals surface area contributed by atoms with Gasteiger partial charge in [0.2, 0.25) is 5.91 Å². The molecule has 7 heteroatoms. The molecule has 1 saturated heterocycles. The normalized spacial score (nSPS) is 18.4. The second-order valence-electron chi connectivity index (χ2n) is 9.64. The first kappa shape index (κ1) is 22.0. The highest BCUT2D eigenvalue weighted by atomic mass is 16.2. The smallest absolute Gasteiger partial charge is 0.237 e.